The van der Waals surface area contributed by atoms with Gasteiger partial charge >= 0.3 is 11.9 Å². The third-order valence-electron chi connectivity index (χ3n) is 2.79. The quantitative estimate of drug-likeness (QED) is 0.430. The van der Waals surface area contributed by atoms with E-state index in [0.29, 0.717) is 6.42 Å². The Balaban J connectivity index is 5.42. The number of hydrogen-bond acceptors (Lipinski definition) is 3. The number of allylic oxidation sites excluding steroid dienone is 1. The maximum absolute atomic E-state index is 11.8. The lowest BCUT2D eigenvalue weighted by Crippen LogP contribution is -2.44. The van der Waals surface area contributed by atoms with Crippen molar-refractivity contribution in [2.75, 3.05) is 6.61 Å². The SMILES string of the molecule is CC=CC(C(=O)O)(C(=O)OCC)C(C)CC. The van der Waals surface area contributed by atoms with E-state index in [-0.39, 0.29) is 12.5 Å². The standard InChI is InChI=1S/C12H20O4/c1-5-8-12(10(13)14,9(4)6-2)11(15)16-7-3/h5,8-9H,6-7H2,1-4H3,(H,13,14). The van der Waals surface area contributed by atoms with Crippen molar-refractivity contribution in [3.8, 4) is 0 Å². The molecule has 0 aliphatic heterocycles. The molecule has 0 fully saturated rings. The molecule has 2 unspecified atom stereocenters. The average molecular weight is 228 g/mol. The van der Waals surface area contributed by atoms with Crippen molar-refractivity contribution in [3.63, 3.8) is 0 Å². The summed E-state index contributed by atoms with van der Waals surface area (Å²) in [6.07, 6.45) is 3.59. The van der Waals surface area contributed by atoms with E-state index in [2.05, 4.69) is 0 Å². The Kier molecular flexibility index (Phi) is 5.78. The predicted octanol–water partition coefficient (Wildman–Crippen LogP) is 2.24. The highest BCUT2D eigenvalue weighted by Crippen LogP contribution is 2.34. The van der Waals surface area contributed by atoms with Crippen LogP contribution in [0.3, 0.4) is 0 Å². The molecule has 0 radical (unpaired) electrons. The van der Waals surface area contributed by atoms with Gasteiger partial charge in [0.05, 0.1) is 6.61 Å². The lowest BCUT2D eigenvalue weighted by molar-refractivity contribution is -0.168. The highest BCUT2D eigenvalue weighted by Gasteiger charge is 2.49. The third-order valence-corrected chi connectivity index (χ3v) is 2.79. The smallest absolute Gasteiger partial charge is 0.327 e. The summed E-state index contributed by atoms with van der Waals surface area (Å²) in [4.78, 5) is 23.2. The first-order chi connectivity index (χ1) is 7.47. The molecule has 0 amide bonds. The van der Waals surface area contributed by atoms with E-state index in [4.69, 9.17) is 4.74 Å². The van der Waals surface area contributed by atoms with E-state index in [1.807, 2.05) is 6.92 Å². The fraction of sp³-hybridized carbons (Fsp3) is 0.667. The van der Waals surface area contributed by atoms with Crippen molar-refractivity contribution >= 4 is 11.9 Å². The number of carboxylic acid groups (broad SMARTS) is 1. The van der Waals surface area contributed by atoms with E-state index in [9.17, 15) is 14.7 Å². The molecule has 2 atom stereocenters. The number of hydrogen-bond donors (Lipinski definition) is 1. The van der Waals surface area contributed by atoms with Crippen molar-refractivity contribution in [2.45, 2.75) is 34.1 Å². The largest absolute Gasteiger partial charge is 0.480 e. The third kappa shape index (κ3) is 2.62. The van der Waals surface area contributed by atoms with Crippen LogP contribution in [-0.2, 0) is 14.3 Å². The number of carbonyl (C=O) groups is 2. The minimum Gasteiger partial charge on any atom is -0.480 e. The molecule has 0 heterocycles. The number of carboxylic acids is 1. The van der Waals surface area contributed by atoms with Gasteiger partial charge in [0.15, 0.2) is 5.41 Å². The van der Waals surface area contributed by atoms with E-state index < -0.39 is 17.4 Å². The molecule has 4 heteroatoms. The van der Waals surface area contributed by atoms with Crippen LogP contribution in [0.4, 0.5) is 0 Å². The van der Waals surface area contributed by atoms with Gasteiger partial charge in [-0.2, -0.15) is 0 Å². The molecule has 0 aromatic heterocycles. The molecule has 0 aromatic rings. The summed E-state index contributed by atoms with van der Waals surface area (Å²) < 4.78 is 4.87. The maximum Gasteiger partial charge on any atom is 0.327 e. The second kappa shape index (κ2) is 6.30. The fourth-order valence-corrected chi connectivity index (χ4v) is 1.64. The molecule has 0 aliphatic rings. The highest BCUT2D eigenvalue weighted by molar-refractivity contribution is 6.01. The molecule has 92 valence electrons. The number of rotatable bonds is 6. The highest BCUT2D eigenvalue weighted by atomic mass is 16.5. The number of ether oxygens (including phenoxy) is 1. The van der Waals surface area contributed by atoms with Gasteiger partial charge in [0.2, 0.25) is 0 Å². The average Bonchev–Trinajstić information content (AvgIpc) is 2.24. The van der Waals surface area contributed by atoms with Crippen molar-refractivity contribution < 1.29 is 19.4 Å². The summed E-state index contributed by atoms with van der Waals surface area (Å²) in [5.41, 5.74) is -1.56. The summed E-state index contributed by atoms with van der Waals surface area (Å²) >= 11 is 0. The number of carbonyl (C=O) groups excluding carboxylic acids is 1. The summed E-state index contributed by atoms with van der Waals surface area (Å²) in [6, 6.07) is 0. The van der Waals surface area contributed by atoms with E-state index in [1.54, 1.807) is 26.8 Å². The van der Waals surface area contributed by atoms with Gasteiger partial charge in [-0.15, -0.1) is 0 Å². The van der Waals surface area contributed by atoms with Crippen molar-refractivity contribution in [1.82, 2.24) is 0 Å². The molecule has 0 bridgehead atoms. The Bertz CT molecular complexity index is 283. The van der Waals surface area contributed by atoms with Crippen LogP contribution >= 0.6 is 0 Å². The first-order valence-corrected chi connectivity index (χ1v) is 5.51. The lowest BCUT2D eigenvalue weighted by Gasteiger charge is -2.29. The molecule has 0 saturated heterocycles. The molecular formula is C12H20O4. The summed E-state index contributed by atoms with van der Waals surface area (Å²) in [5, 5.41) is 9.30. The van der Waals surface area contributed by atoms with Gasteiger partial charge in [-0.1, -0.05) is 32.4 Å². The maximum atomic E-state index is 11.8. The van der Waals surface area contributed by atoms with Gasteiger partial charge in [0.25, 0.3) is 0 Å². The fourth-order valence-electron chi connectivity index (χ4n) is 1.64. The van der Waals surface area contributed by atoms with Crippen molar-refractivity contribution in [2.24, 2.45) is 11.3 Å². The Morgan fingerprint density at radius 2 is 2.00 bits per heavy atom. The second-order valence-corrected chi connectivity index (χ2v) is 3.70. The van der Waals surface area contributed by atoms with Crippen LogP contribution in [-0.4, -0.2) is 23.7 Å². The first-order valence-electron chi connectivity index (χ1n) is 5.51. The van der Waals surface area contributed by atoms with Gasteiger partial charge < -0.3 is 9.84 Å². The van der Waals surface area contributed by atoms with Crippen LogP contribution in [0.25, 0.3) is 0 Å². The Morgan fingerprint density at radius 1 is 1.44 bits per heavy atom. The van der Waals surface area contributed by atoms with Crippen LogP contribution in [0.2, 0.25) is 0 Å². The Morgan fingerprint density at radius 3 is 2.31 bits per heavy atom. The van der Waals surface area contributed by atoms with Crippen LogP contribution in [0, 0.1) is 11.3 Å². The van der Waals surface area contributed by atoms with Gasteiger partial charge in [-0.3, -0.25) is 9.59 Å². The summed E-state index contributed by atoms with van der Waals surface area (Å²) in [6.45, 7) is 7.13. The normalized spacial score (nSPS) is 16.8. The zero-order valence-corrected chi connectivity index (χ0v) is 10.3. The molecule has 0 aliphatic carbocycles. The summed E-state index contributed by atoms with van der Waals surface area (Å²) in [7, 11) is 0. The second-order valence-electron chi connectivity index (χ2n) is 3.70. The first kappa shape index (κ1) is 14.7. The number of aliphatic carboxylic acids is 1. The molecule has 0 spiro atoms. The molecule has 16 heavy (non-hydrogen) atoms. The lowest BCUT2D eigenvalue weighted by atomic mass is 9.74. The van der Waals surface area contributed by atoms with Gasteiger partial charge in [0, 0.05) is 0 Å². The van der Waals surface area contributed by atoms with E-state index >= 15 is 0 Å². The predicted molar refractivity (Wildman–Crippen MR) is 61.0 cm³/mol. The van der Waals surface area contributed by atoms with Crippen molar-refractivity contribution in [1.29, 1.82) is 0 Å². The van der Waals surface area contributed by atoms with Crippen LogP contribution in [0.1, 0.15) is 34.1 Å². The van der Waals surface area contributed by atoms with Crippen LogP contribution < -0.4 is 0 Å². The monoisotopic (exact) mass is 228 g/mol. The van der Waals surface area contributed by atoms with Gasteiger partial charge in [0.1, 0.15) is 0 Å². The van der Waals surface area contributed by atoms with Crippen molar-refractivity contribution in [3.05, 3.63) is 12.2 Å². The molecule has 0 saturated carbocycles. The molecular weight excluding hydrogens is 208 g/mol. The molecule has 4 nitrogen and oxygen atoms in total. The van der Waals surface area contributed by atoms with E-state index in [1.165, 1.54) is 6.08 Å². The topological polar surface area (TPSA) is 63.6 Å². The molecule has 1 N–H and O–H groups in total. The van der Waals surface area contributed by atoms with Crippen LogP contribution in [0.15, 0.2) is 12.2 Å². The van der Waals surface area contributed by atoms with Gasteiger partial charge in [-0.05, 0) is 19.8 Å². The zero-order valence-electron chi connectivity index (χ0n) is 10.3. The number of esters is 1. The zero-order chi connectivity index (χ0) is 12.8. The molecule has 0 rings (SSSR count). The van der Waals surface area contributed by atoms with Crippen LogP contribution in [0.5, 0.6) is 0 Å². The van der Waals surface area contributed by atoms with E-state index in [0.717, 1.165) is 0 Å². The Labute approximate surface area is 96.3 Å². The molecule has 0 aromatic carbocycles. The minimum absolute atomic E-state index is 0.182. The minimum atomic E-state index is -1.56. The summed E-state index contributed by atoms with van der Waals surface area (Å²) in [5.74, 6) is -2.14. The van der Waals surface area contributed by atoms with Gasteiger partial charge in [-0.25, -0.2) is 0 Å². The Hall–Kier alpha value is -1.32.